The van der Waals surface area contributed by atoms with E-state index in [1.165, 1.54) is 12.1 Å². The van der Waals surface area contributed by atoms with E-state index < -0.39 is 5.82 Å². The summed E-state index contributed by atoms with van der Waals surface area (Å²) in [6.07, 6.45) is 0. The van der Waals surface area contributed by atoms with Crippen molar-refractivity contribution in [2.45, 2.75) is 13.0 Å². The van der Waals surface area contributed by atoms with Crippen LogP contribution in [0.1, 0.15) is 28.3 Å². The molecule has 0 spiro atoms. The predicted octanol–water partition coefficient (Wildman–Crippen LogP) is 4.27. The molecule has 0 aliphatic carbocycles. The lowest BCUT2D eigenvalue weighted by Crippen LogP contribution is -2.29. The van der Waals surface area contributed by atoms with Gasteiger partial charge in [-0.2, -0.15) is 0 Å². The van der Waals surface area contributed by atoms with Crippen LogP contribution in [-0.4, -0.2) is 22.8 Å². The number of carbonyl (C=O) groups is 1. The van der Waals surface area contributed by atoms with Gasteiger partial charge in [-0.3, -0.25) is 4.79 Å². The van der Waals surface area contributed by atoms with E-state index in [0.29, 0.717) is 5.56 Å². The topological polar surface area (TPSA) is 33.2 Å². The van der Waals surface area contributed by atoms with E-state index >= 15 is 0 Å². The number of amides is 1. The lowest BCUT2D eigenvalue weighted by Gasteiger charge is -2.23. The highest BCUT2D eigenvalue weighted by molar-refractivity contribution is 7.18. The second kappa shape index (κ2) is 5.85. The van der Waals surface area contributed by atoms with Gasteiger partial charge >= 0.3 is 0 Å². The minimum absolute atomic E-state index is 0.173. The third-order valence-corrected chi connectivity index (χ3v) is 4.85. The Morgan fingerprint density at radius 3 is 2.73 bits per heavy atom. The SMILES string of the molecule is C[C@H](c1nc2ccccc2s1)N(C)C(=O)c1cccc(F)c1. The first-order valence-electron chi connectivity index (χ1n) is 6.94. The highest BCUT2D eigenvalue weighted by Gasteiger charge is 2.22. The second-order valence-electron chi connectivity index (χ2n) is 5.12. The van der Waals surface area contributed by atoms with Gasteiger partial charge in [-0.15, -0.1) is 11.3 Å². The van der Waals surface area contributed by atoms with E-state index in [1.807, 2.05) is 31.2 Å². The second-order valence-corrected chi connectivity index (χ2v) is 6.18. The van der Waals surface area contributed by atoms with Crippen LogP contribution in [0.5, 0.6) is 0 Å². The molecule has 0 aliphatic heterocycles. The minimum Gasteiger partial charge on any atom is -0.333 e. The smallest absolute Gasteiger partial charge is 0.254 e. The Labute approximate surface area is 132 Å². The number of halogens is 1. The average molecular weight is 314 g/mol. The molecule has 0 saturated carbocycles. The predicted molar refractivity (Wildman–Crippen MR) is 86.5 cm³/mol. The monoisotopic (exact) mass is 314 g/mol. The zero-order valence-corrected chi connectivity index (χ0v) is 13.1. The average Bonchev–Trinajstić information content (AvgIpc) is 2.96. The molecule has 1 aromatic heterocycles. The molecule has 2 aromatic carbocycles. The molecule has 5 heteroatoms. The fourth-order valence-electron chi connectivity index (χ4n) is 2.24. The van der Waals surface area contributed by atoms with Crippen molar-refractivity contribution >= 4 is 27.5 Å². The van der Waals surface area contributed by atoms with Gasteiger partial charge in [0.15, 0.2) is 0 Å². The number of rotatable bonds is 3. The van der Waals surface area contributed by atoms with Gasteiger partial charge in [0.2, 0.25) is 0 Å². The Hall–Kier alpha value is -2.27. The van der Waals surface area contributed by atoms with Gasteiger partial charge in [-0.1, -0.05) is 18.2 Å². The molecule has 3 nitrogen and oxygen atoms in total. The van der Waals surface area contributed by atoms with Crippen LogP contribution in [0.2, 0.25) is 0 Å². The van der Waals surface area contributed by atoms with E-state index in [4.69, 9.17) is 0 Å². The van der Waals surface area contributed by atoms with Crippen molar-refractivity contribution in [3.05, 3.63) is 64.9 Å². The van der Waals surface area contributed by atoms with Gasteiger partial charge in [0.05, 0.1) is 16.3 Å². The fourth-order valence-corrected chi connectivity index (χ4v) is 3.30. The molecule has 0 bridgehead atoms. The van der Waals surface area contributed by atoms with E-state index in [0.717, 1.165) is 15.2 Å². The van der Waals surface area contributed by atoms with Gasteiger partial charge in [-0.25, -0.2) is 9.37 Å². The van der Waals surface area contributed by atoms with E-state index in [1.54, 1.807) is 35.4 Å². The van der Waals surface area contributed by atoms with Crippen LogP contribution in [0.25, 0.3) is 10.2 Å². The van der Waals surface area contributed by atoms with Crippen molar-refractivity contribution in [1.29, 1.82) is 0 Å². The van der Waals surface area contributed by atoms with Crippen LogP contribution in [0.3, 0.4) is 0 Å². The maximum atomic E-state index is 13.3. The third kappa shape index (κ3) is 2.72. The quantitative estimate of drug-likeness (QED) is 0.723. The minimum atomic E-state index is -0.410. The molecule has 0 fully saturated rings. The third-order valence-electron chi connectivity index (χ3n) is 3.64. The maximum Gasteiger partial charge on any atom is 0.254 e. The highest BCUT2D eigenvalue weighted by atomic mass is 32.1. The normalized spacial score (nSPS) is 12.3. The maximum absolute atomic E-state index is 13.3. The van der Waals surface area contributed by atoms with Crippen LogP contribution in [0.15, 0.2) is 48.5 Å². The Kier molecular flexibility index (Phi) is 3.90. The lowest BCUT2D eigenvalue weighted by atomic mass is 10.1. The molecule has 1 heterocycles. The summed E-state index contributed by atoms with van der Waals surface area (Å²) in [4.78, 5) is 18.6. The first kappa shape index (κ1) is 14.7. The van der Waals surface area contributed by atoms with Crippen LogP contribution in [0, 0.1) is 5.82 Å². The summed E-state index contributed by atoms with van der Waals surface area (Å²) < 4.78 is 14.4. The first-order valence-corrected chi connectivity index (χ1v) is 7.76. The number of benzene rings is 2. The zero-order chi connectivity index (χ0) is 15.7. The van der Waals surface area contributed by atoms with Crippen LogP contribution in [-0.2, 0) is 0 Å². The van der Waals surface area contributed by atoms with Crippen LogP contribution < -0.4 is 0 Å². The van der Waals surface area contributed by atoms with E-state index in [-0.39, 0.29) is 11.9 Å². The molecule has 1 atom stereocenters. The van der Waals surface area contributed by atoms with Crippen LogP contribution in [0.4, 0.5) is 4.39 Å². The van der Waals surface area contributed by atoms with Crippen molar-refractivity contribution in [1.82, 2.24) is 9.88 Å². The summed E-state index contributed by atoms with van der Waals surface area (Å²) in [5, 5.41) is 0.869. The molecule has 0 saturated heterocycles. The van der Waals surface area contributed by atoms with Crippen molar-refractivity contribution in [2.75, 3.05) is 7.05 Å². The molecule has 1 amide bonds. The summed E-state index contributed by atoms with van der Waals surface area (Å²) in [5.41, 5.74) is 1.27. The number of nitrogens with zero attached hydrogens (tertiary/aromatic N) is 2. The summed E-state index contributed by atoms with van der Waals surface area (Å²) in [6.45, 7) is 1.93. The Morgan fingerprint density at radius 2 is 2.00 bits per heavy atom. The standard InChI is InChI=1S/C17H15FN2OS/c1-11(16-19-14-8-3-4-9-15(14)22-16)20(2)17(21)12-6-5-7-13(18)10-12/h3-11H,1-2H3/t11-/m1/s1. The van der Waals surface area contributed by atoms with Gasteiger partial charge in [0.1, 0.15) is 10.8 Å². The number of aromatic nitrogens is 1. The van der Waals surface area contributed by atoms with Crippen molar-refractivity contribution in [3.63, 3.8) is 0 Å². The van der Waals surface area contributed by atoms with Gasteiger partial charge in [-0.05, 0) is 37.3 Å². The summed E-state index contributed by atoms with van der Waals surface area (Å²) in [5.74, 6) is -0.627. The molecule has 22 heavy (non-hydrogen) atoms. The fraction of sp³-hybridized carbons (Fsp3) is 0.176. The number of para-hydroxylation sites is 1. The largest absolute Gasteiger partial charge is 0.333 e. The Bertz CT molecular complexity index is 797. The molecule has 112 valence electrons. The first-order chi connectivity index (χ1) is 10.6. The van der Waals surface area contributed by atoms with Crippen molar-refractivity contribution in [3.8, 4) is 0 Å². The van der Waals surface area contributed by atoms with Gasteiger partial charge < -0.3 is 4.90 Å². The molecule has 0 unspecified atom stereocenters. The molecule has 0 aliphatic rings. The zero-order valence-electron chi connectivity index (χ0n) is 12.3. The summed E-state index contributed by atoms with van der Waals surface area (Å²) in [6, 6.07) is 13.4. The lowest BCUT2D eigenvalue weighted by molar-refractivity contribution is 0.0742. The Morgan fingerprint density at radius 1 is 1.23 bits per heavy atom. The molecule has 3 aromatic rings. The number of hydrogen-bond donors (Lipinski definition) is 0. The van der Waals surface area contributed by atoms with Gasteiger partial charge in [0.25, 0.3) is 5.91 Å². The van der Waals surface area contributed by atoms with E-state index in [2.05, 4.69) is 4.98 Å². The molecule has 3 rings (SSSR count). The van der Waals surface area contributed by atoms with E-state index in [9.17, 15) is 9.18 Å². The number of fused-ring (bicyclic) bond motifs is 1. The van der Waals surface area contributed by atoms with Crippen molar-refractivity contribution < 1.29 is 9.18 Å². The molecular weight excluding hydrogens is 299 g/mol. The molecular formula is C17H15FN2OS. The van der Waals surface area contributed by atoms with Crippen molar-refractivity contribution in [2.24, 2.45) is 0 Å². The summed E-state index contributed by atoms with van der Waals surface area (Å²) in [7, 11) is 1.71. The number of hydrogen-bond acceptors (Lipinski definition) is 3. The Balaban J connectivity index is 1.87. The summed E-state index contributed by atoms with van der Waals surface area (Å²) >= 11 is 1.57. The molecule has 0 radical (unpaired) electrons. The van der Waals surface area contributed by atoms with Gasteiger partial charge in [0, 0.05) is 12.6 Å². The number of thiazole rings is 1. The van der Waals surface area contributed by atoms with Crippen LogP contribution >= 0.6 is 11.3 Å². The number of carbonyl (C=O) groups excluding carboxylic acids is 1. The molecule has 0 N–H and O–H groups in total. The highest BCUT2D eigenvalue weighted by Crippen LogP contribution is 2.29.